The Hall–Kier alpha value is -1.58. The Morgan fingerprint density at radius 2 is 1.56 bits per heavy atom. The first-order valence-electron chi connectivity index (χ1n) is 7.84. The first kappa shape index (κ1) is 20.2. The predicted octanol–water partition coefficient (Wildman–Crippen LogP) is 3.34. The first-order valence-corrected chi connectivity index (χ1v) is 11.9. The Labute approximate surface area is 168 Å². The summed E-state index contributed by atoms with van der Waals surface area (Å²) in [4.78, 5) is 0.0576. The van der Waals surface area contributed by atoms with Gasteiger partial charge in [0.2, 0.25) is 0 Å². The van der Waals surface area contributed by atoms with Gasteiger partial charge in [-0.25, -0.2) is 16.8 Å². The molecule has 27 heavy (non-hydrogen) atoms. The summed E-state index contributed by atoms with van der Waals surface area (Å²) in [5, 5.41) is 0.778. The van der Waals surface area contributed by atoms with Crippen LogP contribution in [0.3, 0.4) is 0 Å². The Kier molecular flexibility index (Phi) is 5.56. The molecule has 144 valence electrons. The lowest BCUT2D eigenvalue weighted by Crippen LogP contribution is -2.44. The molecule has 1 heterocycles. The van der Waals surface area contributed by atoms with Crippen molar-refractivity contribution in [3.8, 4) is 0 Å². The summed E-state index contributed by atoms with van der Waals surface area (Å²) in [5.74, 6) is 0. The summed E-state index contributed by atoms with van der Waals surface area (Å²) in [6, 6.07) is 10.2. The Morgan fingerprint density at radius 3 is 2.15 bits per heavy atom. The molecule has 2 aromatic rings. The molecule has 1 aliphatic rings. The van der Waals surface area contributed by atoms with Gasteiger partial charge in [-0.3, -0.25) is 0 Å². The molecule has 0 saturated heterocycles. The van der Waals surface area contributed by atoms with Crippen molar-refractivity contribution < 1.29 is 16.8 Å². The van der Waals surface area contributed by atoms with Crippen molar-refractivity contribution in [3.63, 3.8) is 0 Å². The third kappa shape index (κ3) is 4.30. The zero-order valence-electron chi connectivity index (χ0n) is 14.2. The molecule has 1 N–H and O–H groups in total. The van der Waals surface area contributed by atoms with E-state index in [0.29, 0.717) is 27.7 Å². The Balaban J connectivity index is 1.87. The van der Waals surface area contributed by atoms with Gasteiger partial charge in [0.25, 0.3) is 10.0 Å². The average Bonchev–Trinajstić information content (AvgIpc) is 2.63. The van der Waals surface area contributed by atoms with Gasteiger partial charge in [0.1, 0.15) is 0 Å². The standard InChI is InChI=1S/C17H16Cl2N2O4S2/c1-26(22,23)13-5-7-14(8-6-13)27(24,25)21-10-2-3-17(20-21)12-4-9-15(18)16(19)11-12/h3-9,11,20H,2,10H2,1H3. The normalized spacial score (nSPS) is 15.9. The summed E-state index contributed by atoms with van der Waals surface area (Å²) in [6.45, 7) is 0.237. The third-order valence-electron chi connectivity index (χ3n) is 4.00. The van der Waals surface area contributed by atoms with Crippen molar-refractivity contribution in [2.45, 2.75) is 16.2 Å². The number of rotatable bonds is 4. The van der Waals surface area contributed by atoms with E-state index in [1.165, 1.54) is 24.3 Å². The number of hydrogen-bond acceptors (Lipinski definition) is 5. The topological polar surface area (TPSA) is 83.5 Å². The molecule has 0 atom stereocenters. The van der Waals surface area contributed by atoms with E-state index in [4.69, 9.17) is 23.2 Å². The molecule has 2 aromatic carbocycles. The molecule has 1 aliphatic heterocycles. The maximum atomic E-state index is 12.9. The first-order chi connectivity index (χ1) is 12.6. The highest BCUT2D eigenvalue weighted by atomic mass is 35.5. The lowest BCUT2D eigenvalue weighted by molar-refractivity contribution is 0.363. The van der Waals surface area contributed by atoms with E-state index in [0.717, 1.165) is 10.7 Å². The molecule has 0 aromatic heterocycles. The molecule has 0 spiro atoms. The van der Waals surface area contributed by atoms with Crippen molar-refractivity contribution in [2.24, 2.45) is 0 Å². The van der Waals surface area contributed by atoms with Crippen LogP contribution in [0.1, 0.15) is 12.0 Å². The largest absolute Gasteiger partial charge is 0.305 e. The second-order valence-electron chi connectivity index (χ2n) is 5.97. The molecule has 0 bridgehead atoms. The summed E-state index contributed by atoms with van der Waals surface area (Å²) in [7, 11) is -7.25. The van der Waals surface area contributed by atoms with Crippen molar-refractivity contribution in [1.29, 1.82) is 0 Å². The van der Waals surface area contributed by atoms with Gasteiger partial charge >= 0.3 is 0 Å². The maximum absolute atomic E-state index is 12.9. The van der Waals surface area contributed by atoms with Gasteiger partial charge < -0.3 is 5.43 Å². The second-order valence-corrected chi connectivity index (χ2v) is 10.7. The fourth-order valence-corrected chi connectivity index (χ4v) is 4.80. The molecular formula is C17H16Cl2N2O4S2. The molecule has 0 aliphatic carbocycles. The van der Waals surface area contributed by atoms with Gasteiger partial charge in [-0.2, -0.15) is 0 Å². The van der Waals surface area contributed by atoms with Crippen LogP contribution in [0.25, 0.3) is 5.70 Å². The van der Waals surface area contributed by atoms with Gasteiger partial charge in [-0.15, -0.1) is 4.41 Å². The van der Waals surface area contributed by atoms with Crippen LogP contribution in [-0.2, 0) is 19.9 Å². The van der Waals surface area contributed by atoms with Gasteiger partial charge in [0, 0.05) is 18.4 Å². The Bertz CT molecular complexity index is 1110. The Morgan fingerprint density at radius 1 is 0.926 bits per heavy atom. The number of hydrogen-bond donors (Lipinski definition) is 1. The highest BCUT2D eigenvalue weighted by Crippen LogP contribution is 2.28. The van der Waals surface area contributed by atoms with Gasteiger partial charge in [0.15, 0.2) is 9.84 Å². The van der Waals surface area contributed by atoms with Crippen LogP contribution < -0.4 is 5.43 Å². The zero-order chi connectivity index (χ0) is 19.8. The van der Waals surface area contributed by atoms with Crippen molar-refractivity contribution in [1.82, 2.24) is 9.84 Å². The highest BCUT2D eigenvalue weighted by molar-refractivity contribution is 7.90. The maximum Gasteiger partial charge on any atom is 0.259 e. The van der Waals surface area contributed by atoms with Crippen molar-refractivity contribution >= 4 is 48.8 Å². The third-order valence-corrected chi connectivity index (χ3v) is 7.59. The molecule has 0 saturated carbocycles. The van der Waals surface area contributed by atoms with Gasteiger partial charge in [-0.1, -0.05) is 35.3 Å². The predicted molar refractivity (Wildman–Crippen MR) is 106 cm³/mol. The number of hydrazine groups is 1. The minimum absolute atomic E-state index is 0.00205. The summed E-state index contributed by atoms with van der Waals surface area (Å²) in [6.07, 6.45) is 3.44. The molecule has 10 heteroatoms. The fraction of sp³-hybridized carbons (Fsp3) is 0.176. The fourth-order valence-electron chi connectivity index (χ4n) is 2.57. The molecular weight excluding hydrogens is 431 g/mol. The average molecular weight is 447 g/mol. The summed E-state index contributed by atoms with van der Waals surface area (Å²) >= 11 is 12.0. The lowest BCUT2D eigenvalue weighted by atomic mass is 10.1. The molecule has 0 unspecified atom stereocenters. The number of benzene rings is 2. The zero-order valence-corrected chi connectivity index (χ0v) is 17.3. The summed E-state index contributed by atoms with van der Waals surface area (Å²) in [5.41, 5.74) is 4.19. The van der Waals surface area contributed by atoms with Crippen LogP contribution in [0.15, 0.2) is 58.3 Å². The van der Waals surface area contributed by atoms with Crippen LogP contribution in [0.5, 0.6) is 0 Å². The quantitative estimate of drug-likeness (QED) is 0.778. The van der Waals surface area contributed by atoms with E-state index >= 15 is 0 Å². The number of halogens is 2. The molecule has 0 radical (unpaired) electrons. The van der Waals surface area contributed by atoms with Crippen molar-refractivity contribution in [3.05, 3.63) is 64.1 Å². The number of sulfonamides is 1. The van der Waals surface area contributed by atoms with Crippen molar-refractivity contribution in [2.75, 3.05) is 12.8 Å². The lowest BCUT2D eigenvalue weighted by Gasteiger charge is -2.28. The van der Waals surface area contributed by atoms with Crippen LogP contribution in [0, 0.1) is 0 Å². The van der Waals surface area contributed by atoms with Crippen LogP contribution in [-0.4, -0.2) is 34.1 Å². The van der Waals surface area contributed by atoms with Crippen LogP contribution >= 0.6 is 23.2 Å². The number of nitrogens with one attached hydrogen (secondary N) is 1. The van der Waals surface area contributed by atoms with E-state index in [1.807, 2.05) is 6.08 Å². The monoisotopic (exact) mass is 446 g/mol. The van der Waals surface area contributed by atoms with Gasteiger partial charge in [0.05, 0.1) is 25.5 Å². The minimum atomic E-state index is -3.86. The SMILES string of the molecule is CS(=O)(=O)c1ccc(S(=O)(=O)N2CCC=C(c3ccc(Cl)c(Cl)c3)N2)cc1. The van der Waals surface area contributed by atoms with Gasteiger partial charge in [-0.05, 0) is 42.8 Å². The molecule has 0 fully saturated rings. The smallest absolute Gasteiger partial charge is 0.259 e. The number of sulfone groups is 1. The molecule has 3 rings (SSSR count). The van der Waals surface area contributed by atoms with E-state index in [-0.39, 0.29) is 16.3 Å². The molecule has 0 amide bonds. The van der Waals surface area contributed by atoms with E-state index in [9.17, 15) is 16.8 Å². The van der Waals surface area contributed by atoms with E-state index in [1.54, 1.807) is 18.2 Å². The highest BCUT2D eigenvalue weighted by Gasteiger charge is 2.27. The van der Waals surface area contributed by atoms with Crippen LogP contribution in [0.2, 0.25) is 10.0 Å². The summed E-state index contributed by atoms with van der Waals surface area (Å²) < 4.78 is 50.0. The minimum Gasteiger partial charge on any atom is -0.305 e. The molecule has 6 nitrogen and oxygen atoms in total. The second kappa shape index (κ2) is 7.44. The number of nitrogens with zero attached hydrogens (tertiary/aromatic N) is 1. The van der Waals surface area contributed by atoms with E-state index in [2.05, 4.69) is 5.43 Å². The van der Waals surface area contributed by atoms with Crippen LogP contribution in [0.4, 0.5) is 0 Å². The van der Waals surface area contributed by atoms with E-state index < -0.39 is 19.9 Å².